The molecule has 0 radical (unpaired) electrons. The van der Waals surface area contributed by atoms with Gasteiger partial charge in [-0.25, -0.2) is 0 Å². The van der Waals surface area contributed by atoms with Gasteiger partial charge in [0.2, 0.25) is 0 Å². The van der Waals surface area contributed by atoms with E-state index in [4.69, 9.17) is 26.8 Å². The van der Waals surface area contributed by atoms with Crippen molar-refractivity contribution in [2.75, 3.05) is 13.7 Å². The van der Waals surface area contributed by atoms with Crippen molar-refractivity contribution in [1.82, 2.24) is 0 Å². The van der Waals surface area contributed by atoms with Crippen molar-refractivity contribution < 1.29 is 19.4 Å². The molecule has 0 aliphatic heterocycles. The molecule has 0 fully saturated rings. The van der Waals surface area contributed by atoms with E-state index in [1.165, 1.54) is 7.11 Å². The highest BCUT2D eigenvalue weighted by Crippen LogP contribution is 2.33. The molecule has 0 heterocycles. The Labute approximate surface area is 110 Å². The number of methoxy groups -OCH3 is 1. The lowest BCUT2D eigenvalue weighted by Gasteiger charge is -2.20. The summed E-state index contributed by atoms with van der Waals surface area (Å²) in [4.78, 5) is 11.5. The Morgan fingerprint density at radius 3 is 2.78 bits per heavy atom. The molecule has 2 atom stereocenters. The predicted octanol–water partition coefficient (Wildman–Crippen LogP) is 1.27. The van der Waals surface area contributed by atoms with Gasteiger partial charge < -0.3 is 20.3 Å². The number of hydrogen-bond donors (Lipinski definition) is 2. The molecule has 1 aromatic carbocycles. The Bertz CT molecular complexity index is 425. The van der Waals surface area contributed by atoms with E-state index in [2.05, 4.69) is 0 Å². The third-order valence-electron chi connectivity index (χ3n) is 2.43. The first-order chi connectivity index (χ1) is 8.52. The van der Waals surface area contributed by atoms with Gasteiger partial charge in [0.25, 0.3) is 0 Å². The van der Waals surface area contributed by atoms with Gasteiger partial charge in [0.05, 0.1) is 18.7 Å². The van der Waals surface area contributed by atoms with Gasteiger partial charge in [0.1, 0.15) is 17.9 Å². The van der Waals surface area contributed by atoms with Crippen LogP contribution in [-0.2, 0) is 9.53 Å². The highest BCUT2D eigenvalue weighted by molar-refractivity contribution is 6.31. The fourth-order valence-corrected chi connectivity index (χ4v) is 1.81. The van der Waals surface area contributed by atoms with Crippen molar-refractivity contribution in [2.45, 2.75) is 19.1 Å². The Hall–Kier alpha value is -1.30. The first kappa shape index (κ1) is 14.8. The number of ether oxygens (including phenoxy) is 2. The third-order valence-corrected chi connectivity index (χ3v) is 2.76. The maximum absolute atomic E-state index is 11.5. The topological polar surface area (TPSA) is 81.8 Å². The SMILES string of the molecule is CCOC(=O)C(N)C(O)c1c(Cl)cccc1OC. The average molecular weight is 274 g/mol. The molecule has 0 aliphatic carbocycles. The molecule has 100 valence electrons. The summed E-state index contributed by atoms with van der Waals surface area (Å²) in [7, 11) is 1.44. The lowest BCUT2D eigenvalue weighted by atomic mass is 10.0. The Kier molecular flexibility index (Phi) is 5.40. The number of aliphatic hydroxyl groups excluding tert-OH is 1. The molecule has 6 heteroatoms. The number of halogens is 1. The maximum Gasteiger partial charge on any atom is 0.325 e. The largest absolute Gasteiger partial charge is 0.496 e. The molecule has 18 heavy (non-hydrogen) atoms. The summed E-state index contributed by atoms with van der Waals surface area (Å²) in [5, 5.41) is 10.4. The Morgan fingerprint density at radius 2 is 2.22 bits per heavy atom. The van der Waals surface area contributed by atoms with Crippen LogP contribution in [-0.4, -0.2) is 30.8 Å². The lowest BCUT2D eigenvalue weighted by molar-refractivity contribution is -0.147. The van der Waals surface area contributed by atoms with Gasteiger partial charge in [-0.15, -0.1) is 0 Å². The Morgan fingerprint density at radius 1 is 1.56 bits per heavy atom. The van der Waals surface area contributed by atoms with Crippen molar-refractivity contribution >= 4 is 17.6 Å². The molecule has 3 N–H and O–H groups in total. The first-order valence-electron chi connectivity index (χ1n) is 5.45. The van der Waals surface area contributed by atoms with Crippen molar-refractivity contribution in [3.63, 3.8) is 0 Å². The van der Waals surface area contributed by atoms with Gasteiger partial charge in [0, 0.05) is 5.56 Å². The number of carbonyl (C=O) groups is 1. The van der Waals surface area contributed by atoms with Gasteiger partial charge in [-0.05, 0) is 19.1 Å². The normalized spacial score (nSPS) is 13.8. The van der Waals surface area contributed by atoms with E-state index >= 15 is 0 Å². The molecule has 1 rings (SSSR count). The van der Waals surface area contributed by atoms with Crippen LogP contribution in [0.25, 0.3) is 0 Å². The van der Waals surface area contributed by atoms with Crippen LogP contribution in [0.3, 0.4) is 0 Å². The molecule has 2 unspecified atom stereocenters. The first-order valence-corrected chi connectivity index (χ1v) is 5.83. The predicted molar refractivity (Wildman–Crippen MR) is 67.6 cm³/mol. The van der Waals surface area contributed by atoms with E-state index in [-0.39, 0.29) is 17.2 Å². The van der Waals surface area contributed by atoms with Crippen LogP contribution in [0.2, 0.25) is 5.02 Å². The zero-order chi connectivity index (χ0) is 13.7. The van der Waals surface area contributed by atoms with Crippen molar-refractivity contribution in [2.24, 2.45) is 5.73 Å². The highest BCUT2D eigenvalue weighted by Gasteiger charge is 2.29. The van der Waals surface area contributed by atoms with Gasteiger partial charge in [-0.2, -0.15) is 0 Å². The molecule has 0 saturated carbocycles. The number of esters is 1. The fourth-order valence-electron chi connectivity index (χ4n) is 1.53. The molecule has 0 aromatic heterocycles. The van der Waals surface area contributed by atoms with Crippen LogP contribution in [0.4, 0.5) is 0 Å². The number of rotatable bonds is 5. The molecular formula is C12H16ClNO4. The van der Waals surface area contributed by atoms with Gasteiger partial charge in [-0.1, -0.05) is 17.7 Å². The molecule has 5 nitrogen and oxygen atoms in total. The summed E-state index contributed by atoms with van der Waals surface area (Å²) < 4.78 is 9.84. The summed E-state index contributed by atoms with van der Waals surface area (Å²) in [6.07, 6.45) is -1.28. The van der Waals surface area contributed by atoms with Gasteiger partial charge in [-0.3, -0.25) is 4.79 Å². The van der Waals surface area contributed by atoms with Gasteiger partial charge in [0.15, 0.2) is 0 Å². The molecular weight excluding hydrogens is 258 g/mol. The average Bonchev–Trinajstić information content (AvgIpc) is 2.36. The molecule has 0 bridgehead atoms. The summed E-state index contributed by atoms with van der Waals surface area (Å²) in [6, 6.07) is 3.68. The van der Waals surface area contributed by atoms with E-state index in [1.54, 1.807) is 25.1 Å². The standard InChI is InChI=1S/C12H16ClNO4/c1-3-18-12(16)10(14)11(15)9-7(13)5-4-6-8(9)17-2/h4-6,10-11,15H,3,14H2,1-2H3. The van der Waals surface area contributed by atoms with Crippen molar-refractivity contribution in [3.8, 4) is 5.75 Å². The lowest BCUT2D eigenvalue weighted by Crippen LogP contribution is -2.38. The van der Waals surface area contributed by atoms with Crippen LogP contribution in [0.15, 0.2) is 18.2 Å². The summed E-state index contributed by atoms with van der Waals surface area (Å²) in [6.45, 7) is 1.85. The maximum atomic E-state index is 11.5. The second kappa shape index (κ2) is 6.58. The van der Waals surface area contributed by atoms with Crippen LogP contribution in [0.1, 0.15) is 18.6 Å². The minimum Gasteiger partial charge on any atom is -0.496 e. The second-order valence-corrected chi connectivity index (χ2v) is 3.99. The van der Waals surface area contributed by atoms with Crippen molar-refractivity contribution in [1.29, 1.82) is 0 Å². The monoisotopic (exact) mass is 273 g/mol. The molecule has 0 spiro atoms. The molecule has 1 aromatic rings. The number of aliphatic hydroxyl groups is 1. The second-order valence-electron chi connectivity index (χ2n) is 3.58. The number of carbonyl (C=O) groups excluding carboxylic acids is 1. The fraction of sp³-hybridized carbons (Fsp3) is 0.417. The van der Waals surface area contributed by atoms with Gasteiger partial charge >= 0.3 is 5.97 Å². The molecule has 0 aliphatic rings. The van der Waals surface area contributed by atoms with E-state index in [0.717, 1.165) is 0 Å². The molecule has 0 amide bonds. The minimum absolute atomic E-state index is 0.193. The summed E-state index contributed by atoms with van der Waals surface area (Å²) >= 11 is 5.98. The van der Waals surface area contributed by atoms with Crippen LogP contribution < -0.4 is 10.5 Å². The summed E-state index contributed by atoms with van der Waals surface area (Å²) in [5.74, 6) is -0.318. The van der Waals surface area contributed by atoms with Crippen molar-refractivity contribution in [3.05, 3.63) is 28.8 Å². The van der Waals surface area contributed by atoms with Crippen LogP contribution in [0, 0.1) is 0 Å². The molecule has 0 saturated heterocycles. The van der Waals surface area contributed by atoms with E-state index < -0.39 is 18.1 Å². The summed E-state index contributed by atoms with van der Waals surface area (Å²) in [5.41, 5.74) is 5.91. The zero-order valence-corrected chi connectivity index (χ0v) is 11.0. The Balaban J connectivity index is 3.02. The van der Waals surface area contributed by atoms with E-state index in [9.17, 15) is 9.90 Å². The van der Waals surface area contributed by atoms with Crippen LogP contribution in [0.5, 0.6) is 5.75 Å². The van der Waals surface area contributed by atoms with E-state index in [1.807, 2.05) is 0 Å². The smallest absolute Gasteiger partial charge is 0.325 e. The quantitative estimate of drug-likeness (QED) is 0.790. The number of nitrogens with two attached hydrogens (primary N) is 1. The van der Waals surface area contributed by atoms with E-state index in [0.29, 0.717) is 5.75 Å². The number of benzene rings is 1. The third kappa shape index (κ3) is 3.13. The number of hydrogen-bond acceptors (Lipinski definition) is 5. The van der Waals surface area contributed by atoms with Crippen LogP contribution >= 0.6 is 11.6 Å². The highest BCUT2D eigenvalue weighted by atomic mass is 35.5. The minimum atomic E-state index is -1.28. The zero-order valence-electron chi connectivity index (χ0n) is 10.2.